The minimum absolute atomic E-state index is 0.0784. The van der Waals surface area contributed by atoms with Crippen LogP contribution in [0.1, 0.15) is 29.7 Å². The van der Waals surface area contributed by atoms with E-state index in [0.717, 1.165) is 22.6 Å². The molecule has 1 atom stereocenters. The van der Waals surface area contributed by atoms with Gasteiger partial charge in [-0.15, -0.1) is 0 Å². The van der Waals surface area contributed by atoms with Crippen molar-refractivity contribution < 1.29 is 22.8 Å². The first-order valence-electron chi connectivity index (χ1n) is 8.80. The molecule has 2 aromatic rings. The third-order valence-corrected chi connectivity index (χ3v) is 4.73. The Balaban J connectivity index is 1.96. The predicted molar refractivity (Wildman–Crippen MR) is 99.1 cm³/mol. The van der Waals surface area contributed by atoms with Gasteiger partial charge in [0.15, 0.2) is 0 Å². The summed E-state index contributed by atoms with van der Waals surface area (Å²) in [6, 6.07) is 8.13. The lowest BCUT2D eigenvalue weighted by molar-refractivity contribution is -0.137. The Morgan fingerprint density at radius 1 is 1.21 bits per heavy atom. The van der Waals surface area contributed by atoms with Crippen molar-refractivity contribution in [1.82, 2.24) is 4.98 Å². The van der Waals surface area contributed by atoms with Crippen molar-refractivity contribution in [3.05, 3.63) is 53.2 Å². The largest absolute Gasteiger partial charge is 0.416 e. The summed E-state index contributed by atoms with van der Waals surface area (Å²) < 4.78 is 39.5. The average molecular weight is 391 g/mol. The van der Waals surface area contributed by atoms with Gasteiger partial charge in [-0.1, -0.05) is 12.1 Å². The number of hydrogen-bond acceptors (Lipinski definition) is 3. The molecule has 1 unspecified atom stereocenters. The second kappa shape index (κ2) is 7.26. The SMILES string of the molecule is Cc1cccc(N(C)C(=O)C2CCC(=O)N2c2cc(C(F)(F)F)cc(C)n2)c1. The second-order valence-electron chi connectivity index (χ2n) is 6.91. The van der Waals surface area contributed by atoms with E-state index in [1.54, 1.807) is 13.1 Å². The number of nitrogens with zero attached hydrogens (tertiary/aromatic N) is 3. The maximum atomic E-state index is 13.2. The van der Waals surface area contributed by atoms with E-state index < -0.39 is 23.7 Å². The van der Waals surface area contributed by atoms with Gasteiger partial charge in [-0.05, 0) is 50.1 Å². The highest BCUT2D eigenvalue weighted by molar-refractivity contribution is 6.08. The topological polar surface area (TPSA) is 53.5 Å². The van der Waals surface area contributed by atoms with E-state index in [2.05, 4.69) is 4.98 Å². The summed E-state index contributed by atoms with van der Waals surface area (Å²) in [7, 11) is 1.59. The van der Waals surface area contributed by atoms with Crippen LogP contribution in [0.25, 0.3) is 0 Å². The Bertz CT molecular complexity index is 927. The van der Waals surface area contributed by atoms with Crippen LogP contribution in [0.5, 0.6) is 0 Å². The number of pyridine rings is 1. The normalized spacial score (nSPS) is 17.1. The quantitative estimate of drug-likeness (QED) is 0.798. The van der Waals surface area contributed by atoms with Crippen LogP contribution in [0.15, 0.2) is 36.4 Å². The Morgan fingerprint density at radius 2 is 1.93 bits per heavy atom. The number of alkyl halides is 3. The molecular formula is C20H20F3N3O2. The summed E-state index contributed by atoms with van der Waals surface area (Å²) in [5.41, 5.74) is 0.847. The highest BCUT2D eigenvalue weighted by atomic mass is 19.4. The Labute approximate surface area is 160 Å². The van der Waals surface area contributed by atoms with Crippen LogP contribution in [0, 0.1) is 13.8 Å². The van der Waals surface area contributed by atoms with Crippen LogP contribution in [-0.2, 0) is 15.8 Å². The monoisotopic (exact) mass is 391 g/mol. The van der Waals surface area contributed by atoms with Crippen LogP contribution in [0.4, 0.5) is 24.7 Å². The number of anilines is 2. The van der Waals surface area contributed by atoms with Crippen LogP contribution >= 0.6 is 0 Å². The molecule has 8 heteroatoms. The first-order valence-corrected chi connectivity index (χ1v) is 8.80. The fraction of sp³-hybridized carbons (Fsp3) is 0.350. The number of likely N-dealkylation sites (N-methyl/N-ethyl adjacent to an activating group) is 1. The molecule has 1 aromatic carbocycles. The van der Waals surface area contributed by atoms with Crippen molar-refractivity contribution in [3.8, 4) is 0 Å². The summed E-state index contributed by atoms with van der Waals surface area (Å²) in [5.74, 6) is -0.929. The molecule has 148 valence electrons. The molecule has 28 heavy (non-hydrogen) atoms. The summed E-state index contributed by atoms with van der Waals surface area (Å²) in [6.45, 7) is 3.32. The van der Waals surface area contributed by atoms with Gasteiger partial charge in [0, 0.05) is 24.8 Å². The summed E-state index contributed by atoms with van der Waals surface area (Å²) in [6.07, 6.45) is -4.26. The van der Waals surface area contributed by atoms with Crippen molar-refractivity contribution >= 4 is 23.3 Å². The maximum absolute atomic E-state index is 13.2. The van der Waals surface area contributed by atoms with Crippen molar-refractivity contribution in [1.29, 1.82) is 0 Å². The fourth-order valence-corrected chi connectivity index (χ4v) is 3.33. The summed E-state index contributed by atoms with van der Waals surface area (Å²) in [5, 5.41) is 0. The fourth-order valence-electron chi connectivity index (χ4n) is 3.33. The van der Waals surface area contributed by atoms with Crippen LogP contribution < -0.4 is 9.80 Å². The number of hydrogen-bond donors (Lipinski definition) is 0. The van der Waals surface area contributed by atoms with Gasteiger partial charge in [0.1, 0.15) is 11.9 Å². The minimum atomic E-state index is -4.57. The molecule has 1 aliphatic rings. The molecule has 2 amide bonds. The molecule has 2 heterocycles. The van der Waals surface area contributed by atoms with E-state index in [-0.39, 0.29) is 30.3 Å². The summed E-state index contributed by atoms with van der Waals surface area (Å²) >= 11 is 0. The van der Waals surface area contributed by atoms with Crippen molar-refractivity contribution in [3.63, 3.8) is 0 Å². The van der Waals surface area contributed by atoms with Gasteiger partial charge in [-0.25, -0.2) is 4.98 Å². The number of benzene rings is 1. The van der Waals surface area contributed by atoms with E-state index in [1.165, 1.54) is 11.8 Å². The molecular weight excluding hydrogens is 371 g/mol. The Kier molecular flexibility index (Phi) is 5.14. The van der Waals surface area contributed by atoms with Crippen molar-refractivity contribution in [2.24, 2.45) is 0 Å². The molecule has 1 fully saturated rings. The number of carbonyl (C=O) groups is 2. The number of aryl methyl sites for hydroxylation is 2. The zero-order valence-electron chi connectivity index (χ0n) is 15.7. The lowest BCUT2D eigenvalue weighted by atomic mass is 10.1. The van der Waals surface area contributed by atoms with Gasteiger partial charge >= 0.3 is 6.18 Å². The average Bonchev–Trinajstić information content (AvgIpc) is 3.00. The maximum Gasteiger partial charge on any atom is 0.416 e. The Morgan fingerprint density at radius 3 is 2.57 bits per heavy atom. The minimum Gasteiger partial charge on any atom is -0.314 e. The van der Waals surface area contributed by atoms with Crippen LogP contribution in [-0.4, -0.2) is 29.9 Å². The second-order valence-corrected chi connectivity index (χ2v) is 6.91. The molecule has 5 nitrogen and oxygen atoms in total. The molecule has 0 radical (unpaired) electrons. The van der Waals surface area contributed by atoms with Crippen LogP contribution in [0.3, 0.4) is 0 Å². The third-order valence-electron chi connectivity index (χ3n) is 4.73. The zero-order chi connectivity index (χ0) is 20.6. The first kappa shape index (κ1) is 19.9. The van der Waals surface area contributed by atoms with E-state index >= 15 is 0 Å². The number of amides is 2. The lowest BCUT2D eigenvalue weighted by Crippen LogP contribution is -2.46. The van der Waals surface area contributed by atoms with E-state index in [0.29, 0.717) is 5.69 Å². The van der Waals surface area contributed by atoms with E-state index in [4.69, 9.17) is 0 Å². The molecule has 0 spiro atoms. The molecule has 1 aliphatic heterocycles. The molecule has 0 saturated carbocycles. The smallest absolute Gasteiger partial charge is 0.314 e. The zero-order valence-corrected chi connectivity index (χ0v) is 15.7. The van der Waals surface area contributed by atoms with Gasteiger partial charge in [-0.2, -0.15) is 13.2 Å². The Hall–Kier alpha value is -2.90. The summed E-state index contributed by atoms with van der Waals surface area (Å²) in [4.78, 5) is 32.1. The first-order chi connectivity index (χ1) is 13.1. The number of aromatic nitrogens is 1. The highest BCUT2D eigenvalue weighted by Gasteiger charge is 2.41. The van der Waals surface area contributed by atoms with Crippen molar-refractivity contribution in [2.45, 2.75) is 38.9 Å². The van der Waals surface area contributed by atoms with Gasteiger partial charge < -0.3 is 4.90 Å². The molecule has 0 N–H and O–H groups in total. The molecule has 0 aliphatic carbocycles. The standard InChI is InChI=1S/C20H20F3N3O2/c1-12-5-4-6-15(9-12)25(3)19(28)16-7-8-18(27)26(16)17-11-14(20(21,22)23)10-13(2)24-17/h4-6,9-11,16H,7-8H2,1-3H3. The van der Waals surface area contributed by atoms with Gasteiger partial charge in [0.2, 0.25) is 11.8 Å². The number of rotatable bonds is 3. The number of carbonyl (C=O) groups excluding carboxylic acids is 2. The van der Waals surface area contributed by atoms with Gasteiger partial charge in [0.25, 0.3) is 0 Å². The lowest BCUT2D eigenvalue weighted by Gasteiger charge is -2.28. The van der Waals surface area contributed by atoms with Gasteiger partial charge in [-0.3, -0.25) is 14.5 Å². The van der Waals surface area contributed by atoms with Crippen LogP contribution in [0.2, 0.25) is 0 Å². The molecule has 1 saturated heterocycles. The number of halogens is 3. The molecule has 1 aromatic heterocycles. The highest BCUT2D eigenvalue weighted by Crippen LogP contribution is 2.34. The predicted octanol–water partition coefficient (Wildman–Crippen LogP) is 3.88. The van der Waals surface area contributed by atoms with Crippen molar-refractivity contribution in [2.75, 3.05) is 16.8 Å². The van der Waals surface area contributed by atoms with Gasteiger partial charge in [0.05, 0.1) is 5.56 Å². The van der Waals surface area contributed by atoms with E-state index in [9.17, 15) is 22.8 Å². The van der Waals surface area contributed by atoms with E-state index in [1.807, 2.05) is 25.1 Å². The third kappa shape index (κ3) is 3.85. The molecule has 3 rings (SSSR count). The molecule has 0 bridgehead atoms.